The molecule has 0 amide bonds. The third-order valence-electron chi connectivity index (χ3n) is 2.99. The summed E-state index contributed by atoms with van der Waals surface area (Å²) in [6, 6.07) is 12.3. The molecule has 96 valence electrons. The maximum Gasteiger partial charge on any atom is 0.104 e. The molecule has 0 saturated heterocycles. The van der Waals surface area contributed by atoms with Crippen molar-refractivity contribution in [1.29, 1.82) is 0 Å². The molecule has 3 rings (SSSR count). The van der Waals surface area contributed by atoms with Gasteiger partial charge >= 0.3 is 0 Å². The molecule has 0 saturated carbocycles. The molecule has 0 aromatic heterocycles. The number of halogens is 1. The molecule has 1 aliphatic heterocycles. The van der Waals surface area contributed by atoms with Crippen molar-refractivity contribution in [2.75, 3.05) is 0 Å². The maximum atomic E-state index is 11.7. The van der Waals surface area contributed by atoms with Crippen LogP contribution in [0, 0.1) is 0 Å². The van der Waals surface area contributed by atoms with Crippen molar-refractivity contribution < 1.29 is 9.32 Å². The summed E-state index contributed by atoms with van der Waals surface area (Å²) in [6.45, 7) is 0. The SMILES string of the molecule is O=S1C=Nc2ccc(C(O)c3ccc(Cl)cc3)cc21. The van der Waals surface area contributed by atoms with Crippen LogP contribution in [0.25, 0.3) is 0 Å². The lowest BCUT2D eigenvalue weighted by molar-refractivity contribution is 0.220. The minimum atomic E-state index is -1.21. The van der Waals surface area contributed by atoms with Crippen LogP contribution in [-0.4, -0.2) is 14.9 Å². The number of aliphatic hydroxyl groups is 1. The predicted octanol–water partition coefficient (Wildman–Crippen LogP) is 3.20. The van der Waals surface area contributed by atoms with Gasteiger partial charge in [-0.1, -0.05) is 29.8 Å². The van der Waals surface area contributed by atoms with E-state index in [4.69, 9.17) is 11.6 Å². The fraction of sp³-hybridized carbons (Fsp3) is 0.0714. The monoisotopic (exact) mass is 291 g/mol. The zero-order valence-corrected chi connectivity index (χ0v) is 11.4. The van der Waals surface area contributed by atoms with E-state index >= 15 is 0 Å². The van der Waals surface area contributed by atoms with Gasteiger partial charge in [0, 0.05) is 5.02 Å². The van der Waals surface area contributed by atoms with Gasteiger partial charge in [-0.05, 0) is 35.4 Å². The Bertz CT molecular complexity index is 682. The molecule has 2 atom stereocenters. The molecular weight excluding hydrogens is 282 g/mol. The van der Waals surface area contributed by atoms with Gasteiger partial charge in [0.05, 0.1) is 26.9 Å². The summed E-state index contributed by atoms with van der Waals surface area (Å²) < 4.78 is 11.7. The summed E-state index contributed by atoms with van der Waals surface area (Å²) in [5.41, 5.74) is 3.54. The standard InChI is InChI=1S/C14H10ClNO2S/c15-11-4-1-9(2-5-11)14(17)10-3-6-12-13(7-10)19(18)8-16-12/h1-8,14,17H. The molecule has 0 spiro atoms. The first-order valence-electron chi connectivity index (χ1n) is 5.67. The minimum absolute atomic E-state index is 0.624. The van der Waals surface area contributed by atoms with Gasteiger partial charge in [0.15, 0.2) is 0 Å². The largest absolute Gasteiger partial charge is 0.384 e. The van der Waals surface area contributed by atoms with Gasteiger partial charge < -0.3 is 5.11 Å². The van der Waals surface area contributed by atoms with Crippen molar-refractivity contribution in [2.24, 2.45) is 4.99 Å². The third kappa shape index (κ3) is 2.34. The molecule has 2 aromatic carbocycles. The third-order valence-corrected chi connectivity index (χ3v) is 4.30. The van der Waals surface area contributed by atoms with Crippen molar-refractivity contribution in [3.8, 4) is 0 Å². The molecule has 0 radical (unpaired) electrons. The minimum Gasteiger partial charge on any atom is -0.384 e. The molecule has 19 heavy (non-hydrogen) atoms. The smallest absolute Gasteiger partial charge is 0.104 e. The van der Waals surface area contributed by atoms with Gasteiger partial charge in [0.25, 0.3) is 0 Å². The highest BCUT2D eigenvalue weighted by atomic mass is 35.5. The van der Waals surface area contributed by atoms with Crippen molar-refractivity contribution in [3.05, 3.63) is 58.6 Å². The van der Waals surface area contributed by atoms with Crippen LogP contribution in [0.2, 0.25) is 5.02 Å². The van der Waals surface area contributed by atoms with E-state index in [0.29, 0.717) is 21.2 Å². The van der Waals surface area contributed by atoms with Crippen LogP contribution in [-0.2, 0) is 10.8 Å². The van der Waals surface area contributed by atoms with E-state index in [1.54, 1.807) is 42.5 Å². The van der Waals surface area contributed by atoms with E-state index in [1.165, 1.54) is 5.55 Å². The second-order valence-corrected chi connectivity index (χ2v) is 5.90. The number of hydrogen-bond acceptors (Lipinski definition) is 3. The number of fused-ring (bicyclic) bond motifs is 1. The van der Waals surface area contributed by atoms with Crippen LogP contribution in [0.3, 0.4) is 0 Å². The van der Waals surface area contributed by atoms with Crippen molar-refractivity contribution >= 4 is 33.6 Å². The lowest BCUT2D eigenvalue weighted by Crippen LogP contribution is -2.00. The Hall–Kier alpha value is -1.49. The van der Waals surface area contributed by atoms with Gasteiger partial charge in [-0.2, -0.15) is 0 Å². The zero-order valence-electron chi connectivity index (χ0n) is 9.79. The lowest BCUT2D eigenvalue weighted by Gasteiger charge is -2.12. The number of nitrogens with zero attached hydrogens (tertiary/aromatic N) is 1. The fourth-order valence-corrected chi connectivity index (χ4v) is 3.00. The summed E-state index contributed by atoms with van der Waals surface area (Å²) in [5.74, 6) is 0. The molecular formula is C14H10ClNO2S. The Balaban J connectivity index is 1.97. The topological polar surface area (TPSA) is 49.7 Å². The second kappa shape index (κ2) is 4.89. The average Bonchev–Trinajstić information content (AvgIpc) is 2.80. The Labute approximate surface area is 118 Å². The van der Waals surface area contributed by atoms with E-state index in [1.807, 2.05) is 0 Å². The molecule has 0 fully saturated rings. The molecule has 0 bridgehead atoms. The van der Waals surface area contributed by atoms with E-state index in [0.717, 1.165) is 5.56 Å². The summed E-state index contributed by atoms with van der Waals surface area (Å²) in [6.07, 6.45) is -0.764. The number of rotatable bonds is 2. The summed E-state index contributed by atoms with van der Waals surface area (Å²) in [4.78, 5) is 4.68. The van der Waals surface area contributed by atoms with Crippen molar-refractivity contribution in [3.63, 3.8) is 0 Å². The first-order chi connectivity index (χ1) is 9.15. The second-order valence-electron chi connectivity index (χ2n) is 4.21. The van der Waals surface area contributed by atoms with Crippen LogP contribution >= 0.6 is 11.6 Å². The van der Waals surface area contributed by atoms with Crippen LogP contribution in [0.15, 0.2) is 52.4 Å². The highest BCUT2D eigenvalue weighted by Crippen LogP contribution is 2.32. The molecule has 0 aliphatic carbocycles. The van der Waals surface area contributed by atoms with E-state index in [-0.39, 0.29) is 0 Å². The van der Waals surface area contributed by atoms with E-state index < -0.39 is 16.9 Å². The van der Waals surface area contributed by atoms with E-state index in [9.17, 15) is 9.32 Å². The first kappa shape index (κ1) is 12.5. The molecule has 1 aliphatic rings. The number of benzene rings is 2. The Morgan fingerprint density at radius 2 is 1.79 bits per heavy atom. The Kier molecular flexibility index (Phi) is 3.22. The molecule has 2 aromatic rings. The maximum absolute atomic E-state index is 11.7. The fourth-order valence-electron chi connectivity index (χ4n) is 1.97. The predicted molar refractivity (Wildman–Crippen MR) is 76.5 cm³/mol. The Morgan fingerprint density at radius 3 is 2.53 bits per heavy atom. The zero-order chi connectivity index (χ0) is 13.4. The first-order valence-corrected chi connectivity index (χ1v) is 7.26. The number of aliphatic hydroxyl groups excluding tert-OH is 1. The quantitative estimate of drug-likeness (QED) is 0.924. The number of hydrogen-bond donors (Lipinski definition) is 1. The Morgan fingerprint density at radius 1 is 1.11 bits per heavy atom. The molecule has 2 unspecified atom stereocenters. The average molecular weight is 292 g/mol. The normalized spacial score (nSPS) is 18.3. The van der Waals surface area contributed by atoms with Gasteiger partial charge in [-0.25, -0.2) is 9.20 Å². The van der Waals surface area contributed by atoms with Crippen LogP contribution in [0.5, 0.6) is 0 Å². The van der Waals surface area contributed by atoms with Crippen LogP contribution in [0.4, 0.5) is 5.69 Å². The van der Waals surface area contributed by atoms with E-state index in [2.05, 4.69) is 4.99 Å². The highest BCUT2D eigenvalue weighted by molar-refractivity contribution is 7.99. The lowest BCUT2D eigenvalue weighted by atomic mass is 10.0. The van der Waals surface area contributed by atoms with Crippen molar-refractivity contribution in [2.45, 2.75) is 11.0 Å². The van der Waals surface area contributed by atoms with Gasteiger partial charge in [-0.3, -0.25) is 0 Å². The van der Waals surface area contributed by atoms with Gasteiger partial charge in [0.1, 0.15) is 6.10 Å². The summed E-state index contributed by atoms with van der Waals surface area (Å²) in [7, 11) is -1.21. The molecule has 1 heterocycles. The summed E-state index contributed by atoms with van der Waals surface area (Å²) >= 11 is 5.82. The van der Waals surface area contributed by atoms with Gasteiger partial charge in [-0.15, -0.1) is 0 Å². The molecule has 1 N–H and O–H groups in total. The molecule has 3 nitrogen and oxygen atoms in total. The van der Waals surface area contributed by atoms with Gasteiger partial charge in [0.2, 0.25) is 0 Å². The molecule has 5 heteroatoms. The highest BCUT2D eigenvalue weighted by Gasteiger charge is 2.18. The van der Waals surface area contributed by atoms with Crippen molar-refractivity contribution in [1.82, 2.24) is 0 Å². The van der Waals surface area contributed by atoms with Crippen LogP contribution in [0.1, 0.15) is 17.2 Å². The van der Waals surface area contributed by atoms with Crippen LogP contribution < -0.4 is 0 Å². The number of aliphatic imine (C=N–C) groups is 1. The summed E-state index contributed by atoms with van der Waals surface area (Å²) in [5, 5.41) is 10.9.